The van der Waals surface area contributed by atoms with Gasteiger partial charge in [-0.1, -0.05) is 52.0 Å². The number of hydroxylamine groups is 1. The van der Waals surface area contributed by atoms with Crippen LogP contribution in [-0.4, -0.2) is 93.5 Å². The third kappa shape index (κ3) is 12.7. The maximum atomic E-state index is 15.0. The number of methoxy groups -OCH3 is 1. The zero-order chi connectivity index (χ0) is 52.5. The number of carbonyl (C=O) groups is 2. The molecule has 386 valence electrons. The molecule has 0 aromatic heterocycles. The number of hydrogen-bond donors (Lipinski definition) is 3. The molecule has 0 spiro atoms. The molecular formula is C41H47F17N2O7Si. The lowest BCUT2D eigenvalue weighted by molar-refractivity contribution is -0.461. The minimum absolute atomic E-state index is 0.118. The van der Waals surface area contributed by atoms with E-state index in [1.807, 2.05) is 0 Å². The number of nitrogens with one attached hydrogen (secondary N) is 2. The van der Waals surface area contributed by atoms with E-state index in [1.54, 1.807) is 43.3 Å². The highest BCUT2D eigenvalue weighted by Gasteiger charge is 2.95. The van der Waals surface area contributed by atoms with Crippen molar-refractivity contribution < 1.29 is 108 Å². The van der Waals surface area contributed by atoms with Gasteiger partial charge in [0.1, 0.15) is 24.2 Å². The molecule has 0 unspecified atom stereocenters. The van der Waals surface area contributed by atoms with Gasteiger partial charge in [-0.05, 0) is 84.4 Å². The first-order valence-electron chi connectivity index (χ1n) is 19.9. The van der Waals surface area contributed by atoms with Crippen molar-refractivity contribution in [1.29, 1.82) is 0 Å². The lowest BCUT2D eigenvalue weighted by atomic mass is 9.88. The van der Waals surface area contributed by atoms with Gasteiger partial charge in [0.05, 0.1) is 13.7 Å². The van der Waals surface area contributed by atoms with E-state index in [0.717, 1.165) is 6.08 Å². The smallest absolute Gasteiger partial charge is 0.460 e. The van der Waals surface area contributed by atoms with Gasteiger partial charge in [0, 0.05) is 18.2 Å². The summed E-state index contributed by atoms with van der Waals surface area (Å²) in [6.45, 7) is 5.87. The van der Waals surface area contributed by atoms with E-state index in [-0.39, 0.29) is 12.2 Å². The van der Waals surface area contributed by atoms with Crippen LogP contribution in [0.2, 0.25) is 17.1 Å². The molecule has 0 fully saturated rings. The second-order valence-electron chi connectivity index (χ2n) is 15.8. The zero-order valence-electron chi connectivity index (χ0n) is 36.6. The fourth-order valence-corrected chi connectivity index (χ4v) is 11.0. The van der Waals surface area contributed by atoms with Crippen molar-refractivity contribution in [3.63, 3.8) is 0 Å². The lowest BCUT2D eigenvalue weighted by Gasteiger charge is -2.44. The highest BCUT2D eigenvalue weighted by atomic mass is 28.4. The van der Waals surface area contributed by atoms with Gasteiger partial charge in [0.25, 0.3) is 5.91 Å². The Kier molecular flexibility index (Phi) is 19.5. The van der Waals surface area contributed by atoms with Crippen LogP contribution in [0.1, 0.15) is 65.5 Å². The first-order valence-corrected chi connectivity index (χ1v) is 22.2. The van der Waals surface area contributed by atoms with Crippen LogP contribution in [0.25, 0.3) is 0 Å². The molecule has 0 heterocycles. The Morgan fingerprint density at radius 2 is 1.18 bits per heavy atom. The van der Waals surface area contributed by atoms with Crippen LogP contribution in [0.4, 0.5) is 85.1 Å². The number of alkyl halides is 17. The normalized spacial score (nSPS) is 14.6. The number of benzene rings is 2. The van der Waals surface area contributed by atoms with Crippen LogP contribution in [-0.2, 0) is 14.0 Å². The summed E-state index contributed by atoms with van der Waals surface area (Å²) in [7, 11) is -2.58. The van der Waals surface area contributed by atoms with Crippen molar-refractivity contribution in [3.8, 4) is 11.5 Å². The van der Waals surface area contributed by atoms with Gasteiger partial charge in [0.15, 0.2) is 8.32 Å². The molecule has 0 saturated carbocycles. The van der Waals surface area contributed by atoms with Crippen LogP contribution in [0.3, 0.4) is 0 Å². The van der Waals surface area contributed by atoms with Crippen molar-refractivity contribution in [2.45, 2.75) is 125 Å². The third-order valence-electron chi connectivity index (χ3n) is 10.6. The number of carbonyl (C=O) groups excluding carboxylic acids is 2. The molecular weight excluding hydrogens is 984 g/mol. The predicted molar refractivity (Wildman–Crippen MR) is 212 cm³/mol. The maximum absolute atomic E-state index is 15.0. The molecule has 27 heteroatoms. The molecule has 1 atom stereocenters. The summed E-state index contributed by atoms with van der Waals surface area (Å²) in [4.78, 5) is 24.3. The molecule has 0 aliphatic rings. The maximum Gasteiger partial charge on any atom is 0.460 e. The van der Waals surface area contributed by atoms with Crippen LogP contribution >= 0.6 is 0 Å². The van der Waals surface area contributed by atoms with E-state index < -0.39 is 111 Å². The second kappa shape index (κ2) is 22.3. The van der Waals surface area contributed by atoms with Crippen molar-refractivity contribution >= 4 is 26.0 Å². The predicted octanol–water partition coefficient (Wildman–Crippen LogP) is 13.3. The quantitative estimate of drug-likeness (QED) is 0.0173. The Bertz CT molecular complexity index is 2020. The number of hydrogen-bond acceptors (Lipinski definition) is 7. The second-order valence-corrected chi connectivity index (χ2v) is 20.8. The minimum atomic E-state index is -8.71. The molecule has 68 heavy (non-hydrogen) atoms. The Morgan fingerprint density at radius 3 is 1.65 bits per heavy atom. The number of allylic oxidation sites excluding steroid dienone is 3. The number of halogens is 17. The molecule has 9 nitrogen and oxygen atoms in total. The van der Waals surface area contributed by atoms with Crippen molar-refractivity contribution in [2.75, 3.05) is 25.6 Å². The zero-order valence-corrected chi connectivity index (χ0v) is 37.6. The van der Waals surface area contributed by atoms with E-state index in [2.05, 4.69) is 5.32 Å². The van der Waals surface area contributed by atoms with Gasteiger partial charge in [0.2, 0.25) is 0 Å². The summed E-state index contributed by atoms with van der Waals surface area (Å²) in [6, 6.07) is 10.7. The highest BCUT2D eigenvalue weighted by molar-refractivity contribution is 6.76. The molecule has 2 amide bonds. The molecule has 0 saturated heterocycles. The third-order valence-corrected chi connectivity index (χ3v) is 16.3. The molecule has 0 radical (unpaired) electrons. The average Bonchev–Trinajstić information content (AvgIpc) is 3.23. The highest BCUT2D eigenvalue weighted by Crippen LogP contribution is 2.64. The van der Waals surface area contributed by atoms with Crippen LogP contribution in [0, 0.1) is 0 Å². The molecule has 3 N–H and O–H groups in total. The fraction of sp³-hybridized carbons (Fsp3) is 0.561. The van der Waals surface area contributed by atoms with Gasteiger partial charge >= 0.3 is 53.7 Å². The standard InChI is InChI=1S/C41H47F17N2O7Si/c1-24(2)68(25(3)4,22-19-34(42,43)35(44,45)36(46,47)37(48,49)38(50,51)39(52,53)40(54,55)41(56,57)58)66-21-20-65-30-15-11-27(12-16-30)31(10-8-7-9-26(5)23-32(61)60-63)67-33(62)59-28-13-17-29(64-6)18-14-28/h7,9,11-18,23-25,31,63H,8,10,19-22H2,1-6H3,(H,59,62)(H,60,61)/b9-7+,26-23+/t31-/m0/s1. The van der Waals surface area contributed by atoms with E-state index in [1.165, 1.54) is 64.6 Å². The van der Waals surface area contributed by atoms with Crippen molar-refractivity contribution in [3.05, 3.63) is 77.9 Å². The van der Waals surface area contributed by atoms with Crippen molar-refractivity contribution in [1.82, 2.24) is 5.48 Å². The molecule has 0 aliphatic carbocycles. The Hall–Kier alpha value is -4.79. The average molecular weight is 1030 g/mol. The summed E-state index contributed by atoms with van der Waals surface area (Å²) in [5, 5.41) is 11.3. The fourth-order valence-electron chi connectivity index (χ4n) is 6.57. The number of rotatable bonds is 25. The number of amides is 2. The van der Waals surface area contributed by atoms with Gasteiger partial charge in [-0.2, -0.15) is 74.6 Å². The van der Waals surface area contributed by atoms with E-state index >= 15 is 8.78 Å². The molecule has 2 aromatic rings. The van der Waals surface area contributed by atoms with Crippen LogP contribution in [0.15, 0.2) is 72.3 Å². The largest absolute Gasteiger partial charge is 0.497 e. The van der Waals surface area contributed by atoms with Gasteiger partial charge in [-0.15, -0.1) is 0 Å². The summed E-state index contributed by atoms with van der Waals surface area (Å²) >= 11 is 0. The summed E-state index contributed by atoms with van der Waals surface area (Å²) < 4.78 is 258. The Morgan fingerprint density at radius 1 is 0.691 bits per heavy atom. The molecule has 0 aliphatic heterocycles. The monoisotopic (exact) mass is 1030 g/mol. The van der Waals surface area contributed by atoms with Gasteiger partial charge < -0.3 is 18.6 Å². The van der Waals surface area contributed by atoms with E-state index in [4.69, 9.17) is 23.8 Å². The Labute approximate surface area is 379 Å². The van der Waals surface area contributed by atoms with Crippen LogP contribution in [0.5, 0.6) is 11.5 Å². The summed E-state index contributed by atoms with van der Waals surface area (Å²) in [6.07, 6.45) is -7.36. The Balaban J connectivity index is 2.28. The first-order chi connectivity index (χ1) is 30.9. The minimum Gasteiger partial charge on any atom is -0.497 e. The summed E-state index contributed by atoms with van der Waals surface area (Å²) in [5.41, 5.74) is 0.920. The molecule has 2 rings (SSSR count). The molecule has 0 bridgehead atoms. The SMILES string of the molecule is COc1ccc(NC(=O)O[C@@H](CC/C=C/C(C)=C/C(=O)NO)c2ccc(OCCO[Si](CCC(F)(F)C(F)(F)C(F)(F)C(F)(F)C(F)(F)C(F)(F)C(F)(F)C(F)(F)F)(C(C)C)C(C)C)cc2)cc1. The number of ether oxygens (including phenoxy) is 3. The number of anilines is 1. The van der Waals surface area contributed by atoms with Crippen molar-refractivity contribution in [2.24, 2.45) is 0 Å². The van der Waals surface area contributed by atoms with E-state index in [9.17, 15) is 75.4 Å². The lowest BCUT2D eigenvalue weighted by Crippen LogP contribution is -2.74. The van der Waals surface area contributed by atoms with Crippen LogP contribution < -0.4 is 20.3 Å². The van der Waals surface area contributed by atoms with Gasteiger partial charge in [-0.25, -0.2) is 10.3 Å². The van der Waals surface area contributed by atoms with Gasteiger partial charge in [-0.3, -0.25) is 15.3 Å². The summed E-state index contributed by atoms with van der Waals surface area (Å²) in [5.74, 6) is -57.0. The topological polar surface area (TPSA) is 115 Å². The van der Waals surface area contributed by atoms with E-state index in [0.29, 0.717) is 29.0 Å². The first kappa shape index (κ1) is 59.3. The molecule has 2 aromatic carbocycles.